The molecule has 0 unspecified atom stereocenters. The van der Waals surface area contributed by atoms with Crippen LogP contribution in [-0.2, 0) is 25.5 Å². The first kappa shape index (κ1) is 30.1. The average molecular weight is 573 g/mol. The van der Waals surface area contributed by atoms with E-state index in [1.54, 1.807) is 54.4 Å². The number of benzene rings is 3. The molecule has 0 saturated heterocycles. The molecule has 3 aromatic rings. The van der Waals surface area contributed by atoms with Crippen molar-refractivity contribution >= 4 is 40.9 Å². The van der Waals surface area contributed by atoms with Gasteiger partial charge < -0.3 is 29.9 Å². The molecular weight excluding hydrogens is 536 g/mol. The van der Waals surface area contributed by atoms with Crippen LogP contribution in [0.5, 0.6) is 5.75 Å². The number of rotatable bonds is 12. The number of carbonyl (C=O) groups is 4. The second-order valence-electron chi connectivity index (χ2n) is 10.1. The van der Waals surface area contributed by atoms with E-state index in [1.165, 1.54) is 12.0 Å². The number of nitrogens with one attached hydrogen (secondary N) is 2. The van der Waals surface area contributed by atoms with Crippen molar-refractivity contribution in [2.24, 2.45) is 5.92 Å². The van der Waals surface area contributed by atoms with E-state index >= 15 is 0 Å². The third-order valence-corrected chi connectivity index (χ3v) is 7.15. The molecule has 4 amide bonds. The fraction of sp³-hybridized carbons (Fsp3) is 0.312. The van der Waals surface area contributed by atoms with Gasteiger partial charge in [0.15, 0.2) is 6.61 Å². The van der Waals surface area contributed by atoms with Crippen molar-refractivity contribution in [1.82, 2.24) is 5.32 Å². The van der Waals surface area contributed by atoms with Crippen LogP contribution in [0.1, 0.15) is 24.8 Å². The van der Waals surface area contributed by atoms with Crippen molar-refractivity contribution in [1.29, 1.82) is 0 Å². The standard InChI is InChI=1S/C32H36N4O6/c1-35(26-14-4-3-5-15-26)30(38)22-42-28-17-7-6-16-27(28)36(21-23-10-8-11-23)29(37)20-33-32(40)34-25-13-9-12-24(18-25)19-31(39)41-2/h3-7,9,12-18,23H,8,10-11,19-22H2,1-2H3,(H2,33,34,40). The monoisotopic (exact) mass is 572 g/mol. The summed E-state index contributed by atoms with van der Waals surface area (Å²) in [7, 11) is 3.00. The molecule has 0 bridgehead atoms. The molecule has 0 aromatic heterocycles. The Morgan fingerprint density at radius 1 is 0.905 bits per heavy atom. The summed E-state index contributed by atoms with van der Waals surface area (Å²) < 4.78 is 10.6. The number of carbonyl (C=O) groups excluding carboxylic acids is 4. The lowest BCUT2D eigenvalue weighted by atomic mass is 9.85. The van der Waals surface area contributed by atoms with Gasteiger partial charge in [-0.15, -0.1) is 0 Å². The fourth-order valence-electron chi connectivity index (χ4n) is 4.53. The van der Waals surface area contributed by atoms with E-state index in [-0.39, 0.29) is 37.4 Å². The quantitative estimate of drug-likeness (QED) is 0.311. The Hall–Kier alpha value is -4.86. The molecule has 0 radical (unpaired) electrons. The van der Waals surface area contributed by atoms with Gasteiger partial charge in [-0.05, 0) is 60.7 Å². The van der Waals surface area contributed by atoms with E-state index in [9.17, 15) is 19.2 Å². The van der Waals surface area contributed by atoms with Gasteiger partial charge >= 0.3 is 12.0 Å². The van der Waals surface area contributed by atoms with Crippen LogP contribution in [0.3, 0.4) is 0 Å². The van der Waals surface area contributed by atoms with Crippen LogP contribution >= 0.6 is 0 Å². The minimum Gasteiger partial charge on any atom is -0.482 e. The molecule has 1 aliphatic rings. The zero-order valence-electron chi connectivity index (χ0n) is 23.9. The molecule has 4 rings (SSSR count). The van der Waals surface area contributed by atoms with Crippen LogP contribution < -0.4 is 25.2 Å². The summed E-state index contributed by atoms with van der Waals surface area (Å²) in [6, 6.07) is 22.7. The summed E-state index contributed by atoms with van der Waals surface area (Å²) in [5, 5.41) is 5.33. The molecule has 0 atom stereocenters. The van der Waals surface area contributed by atoms with Crippen molar-refractivity contribution in [2.45, 2.75) is 25.7 Å². The van der Waals surface area contributed by atoms with Crippen molar-refractivity contribution in [3.8, 4) is 5.75 Å². The van der Waals surface area contributed by atoms with Crippen LogP contribution in [0.25, 0.3) is 0 Å². The summed E-state index contributed by atoms with van der Waals surface area (Å²) >= 11 is 0. The maximum Gasteiger partial charge on any atom is 0.319 e. The Kier molecular flexibility index (Phi) is 10.5. The number of methoxy groups -OCH3 is 1. The van der Waals surface area contributed by atoms with Gasteiger partial charge in [0.2, 0.25) is 5.91 Å². The highest BCUT2D eigenvalue weighted by atomic mass is 16.5. The molecule has 42 heavy (non-hydrogen) atoms. The lowest BCUT2D eigenvalue weighted by Gasteiger charge is -2.33. The van der Waals surface area contributed by atoms with E-state index in [4.69, 9.17) is 9.47 Å². The molecule has 0 aliphatic heterocycles. The molecule has 1 saturated carbocycles. The van der Waals surface area contributed by atoms with Crippen LogP contribution in [0.15, 0.2) is 78.9 Å². The second kappa shape index (κ2) is 14.7. The second-order valence-corrected chi connectivity index (χ2v) is 10.1. The van der Waals surface area contributed by atoms with Crippen molar-refractivity contribution in [3.63, 3.8) is 0 Å². The van der Waals surface area contributed by atoms with E-state index < -0.39 is 6.03 Å². The van der Waals surface area contributed by atoms with Gasteiger partial charge in [0.1, 0.15) is 5.75 Å². The summed E-state index contributed by atoms with van der Waals surface area (Å²) in [6.45, 7) is 0.0317. The zero-order chi connectivity index (χ0) is 29.9. The minimum absolute atomic E-state index is 0.0812. The predicted molar refractivity (Wildman–Crippen MR) is 161 cm³/mol. The molecule has 1 fully saturated rings. The highest BCUT2D eigenvalue weighted by Gasteiger charge is 2.27. The number of hydrogen-bond donors (Lipinski definition) is 2. The Labute approximate surface area is 245 Å². The number of ether oxygens (including phenoxy) is 2. The molecule has 2 N–H and O–H groups in total. The average Bonchev–Trinajstić information content (AvgIpc) is 2.98. The summed E-state index contributed by atoms with van der Waals surface area (Å²) in [5.41, 5.74) is 2.46. The normalized spacial score (nSPS) is 12.4. The number of nitrogens with zero attached hydrogens (tertiary/aromatic N) is 2. The minimum atomic E-state index is -0.554. The molecule has 10 heteroatoms. The maximum absolute atomic E-state index is 13.5. The molecule has 10 nitrogen and oxygen atoms in total. The van der Waals surface area contributed by atoms with Crippen LogP contribution in [0, 0.1) is 5.92 Å². The highest BCUT2D eigenvalue weighted by Crippen LogP contribution is 2.33. The van der Waals surface area contributed by atoms with Gasteiger partial charge in [-0.25, -0.2) is 4.79 Å². The summed E-state index contributed by atoms with van der Waals surface area (Å²) in [6.07, 6.45) is 3.23. The van der Waals surface area contributed by atoms with Crippen molar-refractivity contribution in [2.75, 3.05) is 49.0 Å². The van der Waals surface area contributed by atoms with E-state index in [1.807, 2.05) is 36.4 Å². The third kappa shape index (κ3) is 8.33. The number of hydrogen-bond acceptors (Lipinski definition) is 6. The van der Waals surface area contributed by atoms with Gasteiger partial charge in [-0.2, -0.15) is 0 Å². The number of esters is 1. The first-order valence-electron chi connectivity index (χ1n) is 13.9. The Morgan fingerprint density at radius 3 is 2.36 bits per heavy atom. The number of urea groups is 1. The molecule has 0 heterocycles. The number of amides is 4. The van der Waals surface area contributed by atoms with Gasteiger partial charge in [0.25, 0.3) is 5.91 Å². The first-order chi connectivity index (χ1) is 20.3. The molecule has 220 valence electrons. The van der Waals surface area contributed by atoms with E-state index in [0.29, 0.717) is 35.2 Å². The van der Waals surface area contributed by atoms with Gasteiger partial charge in [-0.3, -0.25) is 14.4 Å². The third-order valence-electron chi connectivity index (χ3n) is 7.15. The van der Waals surface area contributed by atoms with Gasteiger partial charge in [0, 0.05) is 25.0 Å². The highest BCUT2D eigenvalue weighted by molar-refractivity contribution is 5.99. The number of likely N-dealkylation sites (N-methyl/N-ethyl adjacent to an activating group) is 1. The predicted octanol–water partition coefficient (Wildman–Crippen LogP) is 4.40. The SMILES string of the molecule is COC(=O)Cc1cccc(NC(=O)NCC(=O)N(CC2CCC2)c2ccccc2OCC(=O)N(C)c2ccccc2)c1. The molecular formula is C32H36N4O6. The molecule has 3 aromatic carbocycles. The van der Waals surface area contributed by atoms with Gasteiger partial charge in [-0.1, -0.05) is 48.9 Å². The zero-order valence-corrected chi connectivity index (χ0v) is 23.9. The number of para-hydroxylation sites is 3. The lowest BCUT2D eigenvalue weighted by Crippen LogP contribution is -2.44. The largest absolute Gasteiger partial charge is 0.482 e. The van der Waals surface area contributed by atoms with E-state index in [0.717, 1.165) is 24.9 Å². The Morgan fingerprint density at radius 2 is 1.64 bits per heavy atom. The Bertz CT molecular complexity index is 1390. The van der Waals surface area contributed by atoms with E-state index in [2.05, 4.69) is 10.6 Å². The maximum atomic E-state index is 13.5. The fourth-order valence-corrected chi connectivity index (χ4v) is 4.53. The molecule has 0 spiro atoms. The van der Waals surface area contributed by atoms with Crippen LogP contribution in [-0.4, -0.2) is 57.7 Å². The van der Waals surface area contributed by atoms with Crippen molar-refractivity contribution < 1.29 is 28.7 Å². The number of anilines is 3. The summed E-state index contributed by atoms with van der Waals surface area (Å²) in [4.78, 5) is 53.6. The molecule has 1 aliphatic carbocycles. The Balaban J connectivity index is 1.40. The van der Waals surface area contributed by atoms with Crippen LogP contribution in [0.4, 0.5) is 21.9 Å². The lowest BCUT2D eigenvalue weighted by molar-refractivity contribution is -0.139. The summed E-state index contributed by atoms with van der Waals surface area (Å²) in [5.74, 6) is -0.168. The van der Waals surface area contributed by atoms with Gasteiger partial charge in [0.05, 0.1) is 25.8 Å². The first-order valence-corrected chi connectivity index (χ1v) is 13.9. The topological polar surface area (TPSA) is 117 Å². The van der Waals surface area contributed by atoms with Crippen molar-refractivity contribution in [3.05, 3.63) is 84.4 Å². The van der Waals surface area contributed by atoms with Crippen LogP contribution in [0.2, 0.25) is 0 Å². The smallest absolute Gasteiger partial charge is 0.319 e.